The van der Waals surface area contributed by atoms with Crippen LogP contribution < -0.4 is 4.74 Å². The zero-order valence-electron chi connectivity index (χ0n) is 8.07. The van der Waals surface area contributed by atoms with E-state index in [-0.39, 0.29) is 0 Å². The van der Waals surface area contributed by atoms with Gasteiger partial charge in [-0.1, -0.05) is 0 Å². The van der Waals surface area contributed by atoms with Crippen LogP contribution in [0.1, 0.15) is 6.92 Å². The first kappa shape index (κ1) is 9.21. The lowest BCUT2D eigenvalue weighted by molar-refractivity contribution is 0.399. The lowest BCUT2D eigenvalue weighted by Crippen LogP contribution is -1.96. The van der Waals surface area contributed by atoms with E-state index in [0.717, 1.165) is 17.7 Å². The maximum atomic E-state index is 5.16. The van der Waals surface area contributed by atoms with Crippen molar-refractivity contribution in [3.63, 3.8) is 0 Å². The van der Waals surface area contributed by atoms with Gasteiger partial charge in [0.15, 0.2) is 10.4 Å². The van der Waals surface area contributed by atoms with E-state index < -0.39 is 0 Å². The number of fused-ring (bicyclic) bond motifs is 1. The van der Waals surface area contributed by atoms with Gasteiger partial charge in [-0.3, -0.25) is 0 Å². The lowest BCUT2D eigenvalue weighted by Gasteiger charge is -2.00. The number of ether oxygens (including phenoxy) is 1. The molecule has 0 amide bonds. The summed E-state index contributed by atoms with van der Waals surface area (Å²) >= 11 is 5.16. The number of imidazole rings is 1. The zero-order valence-corrected chi connectivity index (χ0v) is 8.89. The minimum atomic E-state index is 0.605. The average molecular weight is 209 g/mol. The number of nitrogens with one attached hydrogen (secondary N) is 1. The number of aromatic amines is 1. The first-order valence-electron chi connectivity index (χ1n) is 4.39. The molecule has 74 valence electrons. The van der Waals surface area contributed by atoms with Crippen molar-refractivity contribution in [3.8, 4) is 5.88 Å². The Balaban J connectivity index is 2.77. The standard InChI is InChI=1S/C9H11N3OS/c1-3-12-8-6(10-9(12)14)4-5-7(11-8)13-2/h4-5H,3H2,1-2H3,(H,10,14). The van der Waals surface area contributed by atoms with Gasteiger partial charge in [-0.15, -0.1) is 0 Å². The highest BCUT2D eigenvalue weighted by Crippen LogP contribution is 2.15. The summed E-state index contributed by atoms with van der Waals surface area (Å²) in [6, 6.07) is 3.73. The summed E-state index contributed by atoms with van der Waals surface area (Å²) < 4.78 is 7.69. The molecule has 0 unspecified atom stereocenters. The molecule has 0 aliphatic carbocycles. The van der Waals surface area contributed by atoms with Gasteiger partial charge < -0.3 is 14.3 Å². The van der Waals surface area contributed by atoms with Gasteiger partial charge in [0, 0.05) is 12.6 Å². The highest BCUT2D eigenvalue weighted by Gasteiger charge is 2.04. The van der Waals surface area contributed by atoms with Crippen molar-refractivity contribution >= 4 is 23.4 Å². The van der Waals surface area contributed by atoms with Crippen LogP contribution in [0.15, 0.2) is 12.1 Å². The monoisotopic (exact) mass is 209 g/mol. The Bertz CT molecular complexity index is 514. The van der Waals surface area contributed by atoms with Gasteiger partial charge in [0.2, 0.25) is 5.88 Å². The fourth-order valence-corrected chi connectivity index (χ4v) is 1.75. The summed E-state index contributed by atoms with van der Waals surface area (Å²) in [6.07, 6.45) is 0. The molecule has 5 heteroatoms. The molecule has 0 saturated heterocycles. The molecule has 0 spiro atoms. The Hall–Kier alpha value is -1.36. The second kappa shape index (κ2) is 3.42. The minimum absolute atomic E-state index is 0.605. The van der Waals surface area contributed by atoms with E-state index in [4.69, 9.17) is 17.0 Å². The molecule has 0 aliphatic rings. The van der Waals surface area contributed by atoms with Gasteiger partial charge in [0.1, 0.15) is 0 Å². The first-order chi connectivity index (χ1) is 6.76. The molecule has 0 fully saturated rings. The summed E-state index contributed by atoms with van der Waals surface area (Å²) in [5.74, 6) is 0.605. The zero-order chi connectivity index (χ0) is 10.1. The molecule has 14 heavy (non-hydrogen) atoms. The van der Waals surface area contributed by atoms with Gasteiger partial charge in [-0.25, -0.2) is 0 Å². The van der Waals surface area contributed by atoms with Crippen LogP contribution in [0.4, 0.5) is 0 Å². The van der Waals surface area contributed by atoms with Gasteiger partial charge in [0.25, 0.3) is 0 Å². The van der Waals surface area contributed by atoms with E-state index in [2.05, 4.69) is 9.97 Å². The molecule has 0 atom stereocenters. The highest BCUT2D eigenvalue weighted by molar-refractivity contribution is 7.71. The second-order valence-electron chi connectivity index (χ2n) is 2.90. The van der Waals surface area contributed by atoms with Crippen LogP contribution in [0.3, 0.4) is 0 Å². The maximum absolute atomic E-state index is 5.16. The summed E-state index contributed by atoms with van der Waals surface area (Å²) in [5.41, 5.74) is 1.79. The molecule has 2 aromatic heterocycles. The summed E-state index contributed by atoms with van der Waals surface area (Å²) in [6.45, 7) is 2.84. The van der Waals surface area contributed by atoms with Crippen LogP contribution in [-0.2, 0) is 6.54 Å². The normalized spacial score (nSPS) is 10.7. The van der Waals surface area contributed by atoms with Crippen molar-refractivity contribution in [3.05, 3.63) is 16.9 Å². The molecule has 0 aromatic carbocycles. The average Bonchev–Trinajstić information content (AvgIpc) is 2.52. The largest absolute Gasteiger partial charge is 0.481 e. The van der Waals surface area contributed by atoms with Crippen molar-refractivity contribution in [2.75, 3.05) is 7.11 Å². The number of rotatable bonds is 2. The molecule has 4 nitrogen and oxygen atoms in total. The number of hydrogen-bond acceptors (Lipinski definition) is 3. The predicted octanol–water partition coefficient (Wildman–Crippen LogP) is 2.12. The second-order valence-corrected chi connectivity index (χ2v) is 3.29. The maximum Gasteiger partial charge on any atom is 0.215 e. The summed E-state index contributed by atoms with van der Waals surface area (Å²) in [7, 11) is 1.60. The molecule has 0 bridgehead atoms. The number of methoxy groups -OCH3 is 1. The topological polar surface area (TPSA) is 42.8 Å². The predicted molar refractivity (Wildman–Crippen MR) is 57.1 cm³/mol. The number of nitrogens with zero attached hydrogens (tertiary/aromatic N) is 2. The Morgan fingerprint density at radius 2 is 2.36 bits per heavy atom. The van der Waals surface area contributed by atoms with Crippen molar-refractivity contribution in [1.82, 2.24) is 14.5 Å². The first-order valence-corrected chi connectivity index (χ1v) is 4.80. The Kier molecular flexibility index (Phi) is 2.25. The Morgan fingerprint density at radius 1 is 1.57 bits per heavy atom. The molecule has 0 radical (unpaired) electrons. The van der Waals surface area contributed by atoms with Crippen LogP contribution in [0.5, 0.6) is 5.88 Å². The molecule has 1 N–H and O–H groups in total. The molecule has 0 saturated carbocycles. The smallest absolute Gasteiger partial charge is 0.215 e. The van der Waals surface area contributed by atoms with Crippen molar-refractivity contribution in [2.24, 2.45) is 0 Å². The van der Waals surface area contributed by atoms with Crippen molar-refractivity contribution < 1.29 is 4.74 Å². The van der Waals surface area contributed by atoms with Gasteiger partial charge in [-0.05, 0) is 25.2 Å². The van der Waals surface area contributed by atoms with E-state index in [1.165, 1.54) is 0 Å². The fourth-order valence-electron chi connectivity index (χ4n) is 1.42. The third-order valence-electron chi connectivity index (χ3n) is 2.12. The SMILES string of the molecule is CCn1c(=S)[nH]c2ccc(OC)nc21. The van der Waals surface area contributed by atoms with E-state index in [1.54, 1.807) is 7.11 Å². The molecular formula is C9H11N3OS. The van der Waals surface area contributed by atoms with Crippen molar-refractivity contribution in [1.29, 1.82) is 0 Å². The number of pyridine rings is 1. The van der Waals surface area contributed by atoms with Crippen molar-refractivity contribution in [2.45, 2.75) is 13.5 Å². The molecule has 2 aromatic rings. The Morgan fingerprint density at radius 3 is 3.00 bits per heavy atom. The van der Waals surface area contributed by atoms with Gasteiger partial charge in [0.05, 0.1) is 12.6 Å². The fraction of sp³-hybridized carbons (Fsp3) is 0.333. The highest BCUT2D eigenvalue weighted by atomic mass is 32.1. The molecule has 0 aliphatic heterocycles. The Labute approximate surface area is 86.5 Å². The number of aryl methyl sites for hydroxylation is 1. The molecule has 2 heterocycles. The van der Waals surface area contributed by atoms with E-state index in [9.17, 15) is 0 Å². The van der Waals surface area contributed by atoms with Crippen LogP contribution in [0.25, 0.3) is 11.2 Å². The summed E-state index contributed by atoms with van der Waals surface area (Å²) in [4.78, 5) is 7.42. The van der Waals surface area contributed by atoms with E-state index in [1.807, 2.05) is 23.6 Å². The molecular weight excluding hydrogens is 198 g/mol. The van der Waals surface area contributed by atoms with Crippen LogP contribution in [-0.4, -0.2) is 21.6 Å². The summed E-state index contributed by atoms with van der Waals surface area (Å²) in [5, 5.41) is 0. The number of hydrogen-bond donors (Lipinski definition) is 1. The lowest BCUT2D eigenvalue weighted by atomic mass is 10.4. The van der Waals surface area contributed by atoms with E-state index in [0.29, 0.717) is 10.7 Å². The van der Waals surface area contributed by atoms with Crippen LogP contribution >= 0.6 is 12.2 Å². The third-order valence-corrected chi connectivity index (χ3v) is 2.44. The number of aromatic nitrogens is 3. The number of H-pyrrole nitrogens is 1. The van der Waals surface area contributed by atoms with Crippen LogP contribution in [0, 0.1) is 4.77 Å². The minimum Gasteiger partial charge on any atom is -0.481 e. The van der Waals surface area contributed by atoms with Crippen LogP contribution in [0.2, 0.25) is 0 Å². The quantitative estimate of drug-likeness (QED) is 0.770. The van der Waals surface area contributed by atoms with Gasteiger partial charge >= 0.3 is 0 Å². The van der Waals surface area contributed by atoms with Gasteiger partial charge in [-0.2, -0.15) is 4.98 Å². The molecule has 2 rings (SSSR count). The third kappa shape index (κ3) is 1.29. The van der Waals surface area contributed by atoms with E-state index >= 15 is 0 Å².